The molecule has 1 aromatic heterocycles. The number of carbonyl (C=O) groups excluding carboxylic acids is 2. The minimum atomic E-state index is -0.242. The highest BCUT2D eigenvalue weighted by Crippen LogP contribution is 2.14. The van der Waals surface area contributed by atoms with Crippen molar-refractivity contribution in [1.29, 1.82) is 0 Å². The molecule has 104 valence electrons. The Labute approximate surface area is 134 Å². The van der Waals surface area contributed by atoms with Crippen LogP contribution in [0, 0.1) is 10.5 Å². The molecule has 0 radical (unpaired) electrons. The number of anilines is 1. The van der Waals surface area contributed by atoms with E-state index in [2.05, 4.69) is 33.2 Å². The predicted molar refractivity (Wildman–Crippen MR) is 89.2 cm³/mol. The van der Waals surface area contributed by atoms with E-state index in [4.69, 9.17) is 0 Å². The van der Waals surface area contributed by atoms with E-state index in [1.165, 1.54) is 11.3 Å². The number of thiophene rings is 1. The third-order valence-electron chi connectivity index (χ3n) is 2.48. The van der Waals surface area contributed by atoms with Crippen molar-refractivity contribution in [3.63, 3.8) is 0 Å². The third kappa shape index (κ3) is 4.31. The fourth-order valence-corrected chi connectivity index (χ4v) is 2.90. The van der Waals surface area contributed by atoms with Crippen LogP contribution in [0.25, 0.3) is 0 Å². The van der Waals surface area contributed by atoms with E-state index >= 15 is 0 Å². The van der Waals surface area contributed by atoms with Gasteiger partial charge in [0, 0.05) is 14.1 Å². The van der Waals surface area contributed by atoms with Crippen molar-refractivity contribution in [3.05, 3.63) is 49.7 Å². The highest BCUT2D eigenvalue weighted by atomic mass is 127. The molecule has 0 aliphatic rings. The van der Waals surface area contributed by atoms with Crippen LogP contribution in [0.15, 0.2) is 36.4 Å². The second-order valence-electron chi connectivity index (χ2n) is 4.15. The summed E-state index contributed by atoms with van der Waals surface area (Å²) in [5.41, 5.74) is 0.725. The Kier molecular flexibility index (Phi) is 5.13. The first-order chi connectivity index (χ1) is 9.54. The van der Waals surface area contributed by atoms with Gasteiger partial charge in [-0.15, -0.1) is 11.3 Å². The lowest BCUT2D eigenvalue weighted by Crippen LogP contribution is -2.32. The average molecular weight is 400 g/mol. The maximum absolute atomic E-state index is 11.8. The molecule has 20 heavy (non-hydrogen) atoms. The zero-order valence-electron chi connectivity index (χ0n) is 10.8. The lowest BCUT2D eigenvalue weighted by atomic mass is 10.3. The van der Waals surface area contributed by atoms with E-state index in [9.17, 15) is 9.59 Å². The number of benzene rings is 1. The van der Waals surface area contributed by atoms with E-state index in [0.717, 1.165) is 14.1 Å². The van der Waals surface area contributed by atoms with E-state index < -0.39 is 0 Å². The SMILES string of the molecule is Cc1ccc(C(=O)NCC(=O)Nc2cccc(I)c2)s1. The molecule has 0 spiro atoms. The Balaban J connectivity index is 1.85. The molecule has 0 unspecified atom stereocenters. The highest BCUT2D eigenvalue weighted by molar-refractivity contribution is 14.1. The molecule has 2 aromatic rings. The van der Waals surface area contributed by atoms with E-state index in [-0.39, 0.29) is 18.4 Å². The molecular weight excluding hydrogens is 387 g/mol. The van der Waals surface area contributed by atoms with Gasteiger partial charge >= 0.3 is 0 Å². The van der Waals surface area contributed by atoms with Gasteiger partial charge in [-0.2, -0.15) is 0 Å². The molecule has 0 saturated heterocycles. The van der Waals surface area contributed by atoms with Crippen molar-refractivity contribution >= 4 is 51.4 Å². The molecule has 2 amide bonds. The van der Waals surface area contributed by atoms with Gasteiger partial charge in [0.1, 0.15) is 0 Å². The van der Waals surface area contributed by atoms with Gasteiger partial charge < -0.3 is 10.6 Å². The van der Waals surface area contributed by atoms with Gasteiger partial charge in [0.2, 0.25) is 5.91 Å². The summed E-state index contributed by atoms with van der Waals surface area (Å²) in [4.78, 5) is 25.2. The van der Waals surface area contributed by atoms with Gasteiger partial charge in [-0.3, -0.25) is 9.59 Å². The normalized spacial score (nSPS) is 10.1. The summed E-state index contributed by atoms with van der Waals surface area (Å²) in [6.07, 6.45) is 0. The zero-order valence-corrected chi connectivity index (χ0v) is 13.7. The number of hydrogen-bond donors (Lipinski definition) is 2. The predicted octanol–water partition coefficient (Wildman–Crippen LogP) is 3.03. The lowest BCUT2D eigenvalue weighted by molar-refractivity contribution is -0.115. The van der Waals surface area contributed by atoms with Crippen LogP contribution in [0.5, 0.6) is 0 Å². The molecule has 0 fully saturated rings. The van der Waals surface area contributed by atoms with E-state index in [0.29, 0.717) is 4.88 Å². The number of carbonyl (C=O) groups is 2. The Bertz CT molecular complexity index is 640. The minimum absolute atomic E-state index is 0.0404. The maximum atomic E-state index is 11.8. The molecule has 0 aliphatic carbocycles. The fraction of sp³-hybridized carbons (Fsp3) is 0.143. The molecule has 6 heteroatoms. The Morgan fingerprint density at radius 1 is 1.25 bits per heavy atom. The summed E-state index contributed by atoms with van der Waals surface area (Å²) in [5.74, 6) is -0.463. The van der Waals surface area contributed by atoms with Crippen molar-refractivity contribution in [3.8, 4) is 0 Å². The first-order valence-electron chi connectivity index (χ1n) is 5.94. The van der Waals surface area contributed by atoms with Crippen molar-refractivity contribution in [2.45, 2.75) is 6.92 Å². The summed E-state index contributed by atoms with van der Waals surface area (Å²) in [7, 11) is 0. The highest BCUT2D eigenvalue weighted by Gasteiger charge is 2.09. The third-order valence-corrected chi connectivity index (χ3v) is 4.15. The van der Waals surface area contributed by atoms with Crippen molar-refractivity contribution in [2.75, 3.05) is 11.9 Å². The number of nitrogens with one attached hydrogen (secondary N) is 2. The van der Waals surface area contributed by atoms with Crippen LogP contribution in [-0.4, -0.2) is 18.4 Å². The molecule has 2 rings (SSSR count). The topological polar surface area (TPSA) is 58.2 Å². The molecular formula is C14H13IN2O2S. The van der Waals surface area contributed by atoms with Crippen molar-refractivity contribution in [2.24, 2.45) is 0 Å². The number of amides is 2. The summed E-state index contributed by atoms with van der Waals surface area (Å²) >= 11 is 3.58. The fourth-order valence-electron chi connectivity index (χ4n) is 1.58. The minimum Gasteiger partial charge on any atom is -0.342 e. The van der Waals surface area contributed by atoms with Crippen LogP contribution in [0.2, 0.25) is 0 Å². The van der Waals surface area contributed by atoms with Gasteiger partial charge in [-0.1, -0.05) is 6.07 Å². The van der Waals surface area contributed by atoms with Gasteiger partial charge in [0.05, 0.1) is 11.4 Å². The first-order valence-corrected chi connectivity index (χ1v) is 7.84. The van der Waals surface area contributed by atoms with Crippen LogP contribution in [-0.2, 0) is 4.79 Å². The molecule has 0 atom stereocenters. The smallest absolute Gasteiger partial charge is 0.261 e. The second kappa shape index (κ2) is 6.85. The zero-order chi connectivity index (χ0) is 14.5. The van der Waals surface area contributed by atoms with Crippen LogP contribution in [0.3, 0.4) is 0 Å². The molecule has 4 nitrogen and oxygen atoms in total. The standard InChI is InChI=1S/C14H13IN2O2S/c1-9-5-6-12(20-9)14(19)16-8-13(18)17-11-4-2-3-10(15)7-11/h2-7H,8H2,1H3,(H,16,19)(H,17,18). The first kappa shape index (κ1) is 15.0. The van der Waals surface area contributed by atoms with Gasteiger partial charge in [-0.05, 0) is 59.8 Å². The molecule has 0 aliphatic heterocycles. The van der Waals surface area contributed by atoms with Crippen molar-refractivity contribution < 1.29 is 9.59 Å². The van der Waals surface area contributed by atoms with Crippen LogP contribution < -0.4 is 10.6 Å². The van der Waals surface area contributed by atoms with Gasteiger partial charge in [0.15, 0.2) is 0 Å². The van der Waals surface area contributed by atoms with Crippen LogP contribution >= 0.6 is 33.9 Å². The number of aryl methyl sites for hydroxylation is 1. The Morgan fingerprint density at radius 3 is 2.70 bits per heavy atom. The number of hydrogen-bond acceptors (Lipinski definition) is 3. The van der Waals surface area contributed by atoms with Gasteiger partial charge in [0.25, 0.3) is 5.91 Å². The number of halogens is 1. The lowest BCUT2D eigenvalue weighted by Gasteiger charge is -2.06. The molecule has 1 heterocycles. The molecule has 0 saturated carbocycles. The molecule has 0 bridgehead atoms. The van der Waals surface area contributed by atoms with Crippen LogP contribution in [0.1, 0.15) is 14.5 Å². The number of rotatable bonds is 4. The Morgan fingerprint density at radius 2 is 2.05 bits per heavy atom. The quantitative estimate of drug-likeness (QED) is 0.776. The van der Waals surface area contributed by atoms with E-state index in [1.807, 2.05) is 37.3 Å². The van der Waals surface area contributed by atoms with E-state index in [1.54, 1.807) is 6.07 Å². The summed E-state index contributed by atoms with van der Waals surface area (Å²) in [6, 6.07) is 11.1. The maximum Gasteiger partial charge on any atom is 0.261 e. The molecule has 2 N–H and O–H groups in total. The largest absolute Gasteiger partial charge is 0.342 e. The summed E-state index contributed by atoms with van der Waals surface area (Å²) < 4.78 is 1.04. The summed E-state index contributed by atoms with van der Waals surface area (Å²) in [6.45, 7) is 1.90. The van der Waals surface area contributed by atoms with Crippen LogP contribution in [0.4, 0.5) is 5.69 Å². The second-order valence-corrected chi connectivity index (χ2v) is 6.69. The van der Waals surface area contributed by atoms with Crippen molar-refractivity contribution in [1.82, 2.24) is 5.32 Å². The Hall–Kier alpha value is -1.41. The average Bonchev–Trinajstić information content (AvgIpc) is 2.83. The molecule has 1 aromatic carbocycles. The monoisotopic (exact) mass is 400 g/mol. The van der Waals surface area contributed by atoms with Gasteiger partial charge in [-0.25, -0.2) is 0 Å². The summed E-state index contributed by atoms with van der Waals surface area (Å²) in [5, 5.41) is 5.34.